The number of hydrogen-bond donors (Lipinski definition) is 1. The van der Waals surface area contributed by atoms with Crippen LogP contribution in [0.1, 0.15) is 5.56 Å². The van der Waals surface area contributed by atoms with E-state index in [2.05, 4.69) is 10.3 Å². The molecule has 5 nitrogen and oxygen atoms in total. The highest BCUT2D eigenvalue weighted by atomic mass is 16.5. The average Bonchev–Trinajstić information content (AvgIpc) is 2.69. The highest BCUT2D eigenvalue weighted by molar-refractivity contribution is 6.10. The minimum absolute atomic E-state index is 0.00860. The van der Waals surface area contributed by atoms with Gasteiger partial charge in [-0.1, -0.05) is 30.3 Å². The monoisotopic (exact) mass is 341 g/mol. The predicted octanol–water partition coefficient (Wildman–Crippen LogP) is 4.42. The number of carbonyl (C=O) groups excluding carboxylic acids is 1. The van der Waals surface area contributed by atoms with Crippen LogP contribution in [0.5, 0.6) is 11.5 Å². The second kappa shape index (κ2) is 8.27. The average molecular weight is 341 g/mol. The molecular formula is C21H15N3O2. The van der Waals surface area contributed by atoms with E-state index in [4.69, 9.17) is 4.74 Å². The van der Waals surface area contributed by atoms with Crippen LogP contribution < -0.4 is 10.1 Å². The van der Waals surface area contributed by atoms with Crippen molar-refractivity contribution < 1.29 is 9.53 Å². The Hall–Kier alpha value is -3.91. The van der Waals surface area contributed by atoms with Gasteiger partial charge in [-0.25, -0.2) is 0 Å². The first-order chi connectivity index (χ1) is 12.8. The maximum atomic E-state index is 12.5. The van der Waals surface area contributed by atoms with E-state index in [1.165, 1.54) is 6.08 Å². The number of hydrogen-bond acceptors (Lipinski definition) is 4. The van der Waals surface area contributed by atoms with Gasteiger partial charge >= 0.3 is 0 Å². The third-order valence-corrected chi connectivity index (χ3v) is 3.49. The fourth-order valence-electron chi connectivity index (χ4n) is 2.24. The molecule has 0 atom stereocenters. The van der Waals surface area contributed by atoms with Gasteiger partial charge in [0.05, 0.1) is 5.69 Å². The zero-order valence-corrected chi connectivity index (χ0v) is 13.8. The van der Waals surface area contributed by atoms with Crippen LogP contribution in [0.25, 0.3) is 6.08 Å². The fraction of sp³-hybridized carbons (Fsp3) is 0. The molecule has 0 aliphatic heterocycles. The van der Waals surface area contributed by atoms with Crippen molar-refractivity contribution in [2.75, 3.05) is 5.32 Å². The van der Waals surface area contributed by atoms with Crippen molar-refractivity contribution in [2.24, 2.45) is 0 Å². The summed E-state index contributed by atoms with van der Waals surface area (Å²) >= 11 is 0. The van der Waals surface area contributed by atoms with Crippen molar-refractivity contribution in [3.8, 4) is 17.6 Å². The number of ether oxygens (including phenoxy) is 1. The summed E-state index contributed by atoms with van der Waals surface area (Å²) in [6.07, 6.45) is 4.71. The van der Waals surface area contributed by atoms with E-state index < -0.39 is 5.91 Å². The van der Waals surface area contributed by atoms with Gasteiger partial charge in [0, 0.05) is 12.4 Å². The van der Waals surface area contributed by atoms with Gasteiger partial charge in [-0.3, -0.25) is 9.78 Å². The van der Waals surface area contributed by atoms with Crippen molar-refractivity contribution >= 4 is 17.7 Å². The van der Waals surface area contributed by atoms with Crippen LogP contribution in [0, 0.1) is 11.3 Å². The molecule has 0 radical (unpaired) electrons. The van der Waals surface area contributed by atoms with E-state index >= 15 is 0 Å². The van der Waals surface area contributed by atoms with Gasteiger partial charge in [0.25, 0.3) is 5.91 Å². The molecule has 5 heteroatoms. The van der Waals surface area contributed by atoms with E-state index in [9.17, 15) is 10.1 Å². The van der Waals surface area contributed by atoms with E-state index in [0.717, 1.165) is 5.56 Å². The molecule has 126 valence electrons. The number of para-hydroxylation sites is 3. The van der Waals surface area contributed by atoms with Crippen molar-refractivity contribution in [2.45, 2.75) is 0 Å². The Morgan fingerprint density at radius 2 is 1.69 bits per heavy atom. The standard InChI is InChI=1S/C21H15N3O2/c22-15-17(14-16-10-12-23-13-11-16)21(25)24-19-8-4-5-9-20(19)26-18-6-2-1-3-7-18/h1-14H,(H,24,25)/b17-14+. The number of benzene rings is 2. The van der Waals surface area contributed by atoms with Crippen LogP contribution >= 0.6 is 0 Å². The number of nitriles is 1. The van der Waals surface area contributed by atoms with Crippen LogP contribution in [0.15, 0.2) is 84.7 Å². The second-order valence-corrected chi connectivity index (χ2v) is 5.32. The fourth-order valence-corrected chi connectivity index (χ4v) is 2.24. The van der Waals surface area contributed by atoms with Gasteiger partial charge in [0.2, 0.25) is 0 Å². The van der Waals surface area contributed by atoms with Gasteiger partial charge in [0.15, 0.2) is 5.75 Å². The Morgan fingerprint density at radius 3 is 2.42 bits per heavy atom. The molecule has 1 aromatic heterocycles. The quantitative estimate of drug-likeness (QED) is 0.550. The third kappa shape index (κ3) is 4.34. The zero-order valence-electron chi connectivity index (χ0n) is 13.8. The summed E-state index contributed by atoms with van der Waals surface area (Å²) in [6, 6.07) is 21.7. The summed E-state index contributed by atoms with van der Waals surface area (Å²) in [5, 5.41) is 12.0. The Kier molecular flexibility index (Phi) is 5.38. The van der Waals surface area contributed by atoms with Gasteiger partial charge in [-0.15, -0.1) is 0 Å². The maximum absolute atomic E-state index is 12.5. The van der Waals surface area contributed by atoms with Gasteiger partial charge in [0.1, 0.15) is 17.4 Å². The molecule has 3 rings (SSSR count). The normalized spacial score (nSPS) is 10.7. The highest BCUT2D eigenvalue weighted by Gasteiger charge is 2.13. The molecule has 0 bridgehead atoms. The first-order valence-corrected chi connectivity index (χ1v) is 7.91. The summed E-state index contributed by atoms with van der Waals surface area (Å²) in [6.45, 7) is 0. The lowest BCUT2D eigenvalue weighted by Crippen LogP contribution is -2.14. The Bertz CT molecular complexity index is 961. The summed E-state index contributed by atoms with van der Waals surface area (Å²) in [5.74, 6) is 0.642. The first kappa shape index (κ1) is 16.9. The molecule has 0 aliphatic carbocycles. The van der Waals surface area contributed by atoms with Crippen LogP contribution in [-0.4, -0.2) is 10.9 Å². The molecule has 0 unspecified atom stereocenters. The summed E-state index contributed by atoms with van der Waals surface area (Å²) < 4.78 is 5.82. The molecule has 0 spiro atoms. The molecular weight excluding hydrogens is 326 g/mol. The van der Waals surface area contributed by atoms with E-state index in [1.807, 2.05) is 42.5 Å². The topological polar surface area (TPSA) is 75.0 Å². The van der Waals surface area contributed by atoms with Crippen molar-refractivity contribution in [3.05, 3.63) is 90.3 Å². The number of rotatable bonds is 5. The lowest BCUT2D eigenvalue weighted by Gasteiger charge is -2.12. The Balaban J connectivity index is 1.81. The lowest BCUT2D eigenvalue weighted by atomic mass is 10.1. The van der Waals surface area contributed by atoms with E-state index in [0.29, 0.717) is 17.2 Å². The molecule has 1 N–H and O–H groups in total. The largest absolute Gasteiger partial charge is 0.455 e. The van der Waals surface area contributed by atoms with Crippen LogP contribution in [0.2, 0.25) is 0 Å². The van der Waals surface area contributed by atoms with E-state index in [-0.39, 0.29) is 5.57 Å². The van der Waals surface area contributed by atoms with Crippen LogP contribution in [-0.2, 0) is 4.79 Å². The highest BCUT2D eigenvalue weighted by Crippen LogP contribution is 2.29. The number of carbonyl (C=O) groups is 1. The van der Waals surface area contributed by atoms with Crippen molar-refractivity contribution in [1.82, 2.24) is 4.98 Å². The smallest absolute Gasteiger partial charge is 0.266 e. The number of aromatic nitrogens is 1. The number of anilines is 1. The number of pyridine rings is 1. The molecule has 0 fully saturated rings. The molecule has 0 saturated carbocycles. The Labute approximate surface area is 151 Å². The molecule has 3 aromatic rings. The molecule has 0 aliphatic rings. The number of nitrogens with zero attached hydrogens (tertiary/aromatic N) is 2. The van der Waals surface area contributed by atoms with Crippen molar-refractivity contribution in [1.29, 1.82) is 5.26 Å². The van der Waals surface area contributed by atoms with Gasteiger partial charge in [-0.2, -0.15) is 5.26 Å². The third-order valence-electron chi connectivity index (χ3n) is 3.49. The summed E-state index contributed by atoms with van der Waals surface area (Å²) in [5.41, 5.74) is 1.20. The van der Waals surface area contributed by atoms with Crippen molar-refractivity contribution in [3.63, 3.8) is 0 Å². The lowest BCUT2D eigenvalue weighted by molar-refractivity contribution is -0.112. The Morgan fingerprint density at radius 1 is 1.00 bits per heavy atom. The molecule has 0 saturated heterocycles. The van der Waals surface area contributed by atoms with Crippen LogP contribution in [0.3, 0.4) is 0 Å². The zero-order chi connectivity index (χ0) is 18.2. The van der Waals surface area contributed by atoms with E-state index in [1.54, 1.807) is 42.7 Å². The second-order valence-electron chi connectivity index (χ2n) is 5.32. The summed E-state index contributed by atoms with van der Waals surface area (Å²) in [4.78, 5) is 16.4. The summed E-state index contributed by atoms with van der Waals surface area (Å²) in [7, 11) is 0. The molecule has 2 aromatic carbocycles. The molecule has 1 heterocycles. The number of nitrogens with one attached hydrogen (secondary N) is 1. The number of amides is 1. The molecule has 26 heavy (non-hydrogen) atoms. The first-order valence-electron chi connectivity index (χ1n) is 7.91. The molecule has 1 amide bonds. The predicted molar refractivity (Wildman–Crippen MR) is 99.4 cm³/mol. The van der Waals surface area contributed by atoms with Gasteiger partial charge < -0.3 is 10.1 Å². The SMILES string of the molecule is N#C/C(=C\c1ccncc1)C(=O)Nc1ccccc1Oc1ccccc1. The van der Waals surface area contributed by atoms with Gasteiger partial charge in [-0.05, 0) is 48.0 Å². The minimum atomic E-state index is -0.506. The van der Waals surface area contributed by atoms with Crippen LogP contribution in [0.4, 0.5) is 5.69 Å². The minimum Gasteiger partial charge on any atom is -0.455 e. The maximum Gasteiger partial charge on any atom is 0.266 e.